The summed E-state index contributed by atoms with van der Waals surface area (Å²) >= 11 is 6.25. The normalized spacial score (nSPS) is 18.2. The molecule has 170 valence electrons. The molecule has 2 aliphatic rings. The lowest BCUT2D eigenvalue weighted by atomic mass is 9.76. The van der Waals surface area contributed by atoms with E-state index in [-0.39, 0.29) is 12.4 Å². The van der Waals surface area contributed by atoms with Crippen LogP contribution in [0.15, 0.2) is 65.1 Å². The monoisotopic (exact) mass is 463 g/mol. The van der Waals surface area contributed by atoms with Crippen molar-refractivity contribution in [3.8, 4) is 17.6 Å². The molecular formula is C26H26ClN3O3. The highest BCUT2D eigenvalue weighted by Gasteiger charge is 2.38. The summed E-state index contributed by atoms with van der Waals surface area (Å²) in [6, 6.07) is 15.3. The lowest BCUT2D eigenvalue weighted by Crippen LogP contribution is -2.36. The summed E-state index contributed by atoms with van der Waals surface area (Å²) in [4.78, 5) is 14.8. The molecule has 2 N–H and O–H groups in total. The predicted octanol–water partition coefficient (Wildman–Crippen LogP) is 5.05. The molecule has 1 aliphatic carbocycles. The molecule has 0 saturated carbocycles. The zero-order chi connectivity index (χ0) is 23.5. The highest BCUT2D eigenvalue weighted by molar-refractivity contribution is 6.31. The van der Waals surface area contributed by atoms with Gasteiger partial charge in [0.1, 0.15) is 12.4 Å². The number of ketones is 1. The summed E-state index contributed by atoms with van der Waals surface area (Å²) < 4.78 is 11.9. The van der Waals surface area contributed by atoms with Crippen molar-refractivity contribution in [1.82, 2.24) is 4.90 Å². The molecular weight excluding hydrogens is 438 g/mol. The number of benzene rings is 2. The van der Waals surface area contributed by atoms with Gasteiger partial charge in [0, 0.05) is 35.3 Å². The van der Waals surface area contributed by atoms with Crippen LogP contribution in [0.4, 0.5) is 0 Å². The molecule has 2 aromatic rings. The third-order valence-electron chi connectivity index (χ3n) is 6.11. The number of carbonyl (C=O) groups is 1. The Hall–Kier alpha value is -3.43. The topological polar surface area (TPSA) is 88.6 Å². The maximum absolute atomic E-state index is 13.0. The third kappa shape index (κ3) is 4.29. The Bertz CT molecular complexity index is 1200. The van der Waals surface area contributed by atoms with Gasteiger partial charge in [0.15, 0.2) is 17.3 Å². The maximum Gasteiger partial charge on any atom is 0.161 e. The van der Waals surface area contributed by atoms with E-state index in [2.05, 4.69) is 6.07 Å². The number of allylic oxidation sites excluding steroid dienone is 3. The van der Waals surface area contributed by atoms with Crippen molar-refractivity contribution in [1.29, 1.82) is 5.26 Å². The lowest BCUT2D eigenvalue weighted by Gasteiger charge is -2.37. The number of hydrogen-bond acceptors (Lipinski definition) is 6. The van der Waals surface area contributed by atoms with Crippen molar-refractivity contribution < 1.29 is 14.3 Å². The van der Waals surface area contributed by atoms with Gasteiger partial charge in [-0.15, -0.1) is 0 Å². The number of carbonyl (C=O) groups excluding carboxylic acids is 1. The number of hydrogen-bond donors (Lipinski definition) is 1. The molecule has 2 aromatic carbocycles. The first-order valence-corrected chi connectivity index (χ1v) is 11.4. The zero-order valence-corrected chi connectivity index (χ0v) is 19.5. The summed E-state index contributed by atoms with van der Waals surface area (Å²) in [5.74, 6) is 1.03. The van der Waals surface area contributed by atoms with Gasteiger partial charge >= 0.3 is 0 Å². The first-order valence-electron chi connectivity index (χ1n) is 11.0. The maximum atomic E-state index is 13.0. The second-order valence-electron chi connectivity index (χ2n) is 8.06. The van der Waals surface area contributed by atoms with Crippen LogP contribution >= 0.6 is 11.6 Å². The second kappa shape index (κ2) is 9.60. The zero-order valence-electron chi connectivity index (χ0n) is 18.7. The number of halogens is 1. The van der Waals surface area contributed by atoms with E-state index in [0.29, 0.717) is 46.5 Å². The molecule has 1 atom stereocenters. The van der Waals surface area contributed by atoms with Crippen LogP contribution in [0, 0.1) is 11.3 Å². The molecule has 0 radical (unpaired) electrons. The Morgan fingerprint density at radius 1 is 1.18 bits per heavy atom. The van der Waals surface area contributed by atoms with E-state index in [0.717, 1.165) is 29.7 Å². The van der Waals surface area contributed by atoms with E-state index in [1.807, 2.05) is 56.4 Å². The molecule has 4 rings (SSSR count). The van der Waals surface area contributed by atoms with Crippen LogP contribution in [-0.2, 0) is 11.4 Å². The molecule has 0 spiro atoms. The van der Waals surface area contributed by atoms with Crippen LogP contribution in [-0.4, -0.2) is 24.3 Å². The molecule has 6 nitrogen and oxygen atoms in total. The second-order valence-corrected chi connectivity index (χ2v) is 8.47. The smallest absolute Gasteiger partial charge is 0.161 e. The third-order valence-corrected chi connectivity index (χ3v) is 6.48. The minimum absolute atomic E-state index is 0.0605. The summed E-state index contributed by atoms with van der Waals surface area (Å²) in [6.45, 7) is 2.62. The minimum Gasteiger partial charge on any atom is -0.490 e. The Balaban J connectivity index is 1.74. The van der Waals surface area contributed by atoms with Crippen LogP contribution in [0.5, 0.6) is 11.5 Å². The standard InChI is InChI=1S/C26H26ClN3O3/c1-3-32-23-13-16(11-12-22(23)33-15-17-7-4-5-8-19(17)27)24-18(14-28)26(29)30(2)20-9-6-10-21(31)25(20)24/h4-5,7-8,11-13,24H,3,6,9-10,15,29H2,1-2H3/t24-/m1/s1. The number of nitrogens with two attached hydrogens (primary N) is 1. The average Bonchev–Trinajstić information content (AvgIpc) is 2.82. The Morgan fingerprint density at radius 3 is 2.70 bits per heavy atom. The van der Waals surface area contributed by atoms with E-state index in [4.69, 9.17) is 26.8 Å². The van der Waals surface area contributed by atoms with Gasteiger partial charge in [-0.2, -0.15) is 5.26 Å². The molecule has 0 fully saturated rings. The summed E-state index contributed by atoms with van der Waals surface area (Å²) in [7, 11) is 1.81. The Kier molecular flexibility index (Phi) is 6.62. The van der Waals surface area contributed by atoms with E-state index in [1.54, 1.807) is 4.90 Å². The summed E-state index contributed by atoms with van der Waals surface area (Å²) in [5.41, 5.74) is 9.90. The van der Waals surface area contributed by atoms with Gasteiger partial charge < -0.3 is 20.1 Å². The first kappa shape index (κ1) is 22.8. The largest absolute Gasteiger partial charge is 0.490 e. The summed E-state index contributed by atoms with van der Waals surface area (Å²) in [5, 5.41) is 10.6. The number of rotatable bonds is 6. The van der Waals surface area contributed by atoms with Crippen LogP contribution in [0.25, 0.3) is 0 Å². The first-order chi connectivity index (χ1) is 16.0. The fraction of sp³-hybridized carbons (Fsp3) is 0.308. The molecule has 33 heavy (non-hydrogen) atoms. The number of nitrogens with zero attached hydrogens (tertiary/aromatic N) is 2. The van der Waals surface area contributed by atoms with E-state index in [9.17, 15) is 10.1 Å². The van der Waals surface area contributed by atoms with Gasteiger partial charge in [-0.3, -0.25) is 4.79 Å². The van der Waals surface area contributed by atoms with Crippen LogP contribution in [0.1, 0.15) is 43.2 Å². The van der Waals surface area contributed by atoms with Gasteiger partial charge in [-0.1, -0.05) is 35.9 Å². The quantitative estimate of drug-likeness (QED) is 0.645. The van der Waals surface area contributed by atoms with Gasteiger partial charge in [0.2, 0.25) is 0 Å². The van der Waals surface area contributed by atoms with Gasteiger partial charge in [0.25, 0.3) is 0 Å². The number of Topliss-reactive ketones (excluding diaryl/α,β-unsaturated/α-hetero) is 1. The van der Waals surface area contributed by atoms with Crippen molar-refractivity contribution in [2.24, 2.45) is 5.73 Å². The van der Waals surface area contributed by atoms with Crippen LogP contribution in [0.2, 0.25) is 5.02 Å². The van der Waals surface area contributed by atoms with Gasteiger partial charge in [-0.25, -0.2) is 0 Å². The van der Waals surface area contributed by atoms with Crippen molar-refractivity contribution in [3.63, 3.8) is 0 Å². The van der Waals surface area contributed by atoms with Gasteiger partial charge in [0.05, 0.1) is 24.2 Å². The van der Waals surface area contributed by atoms with Crippen LogP contribution in [0.3, 0.4) is 0 Å². The number of ether oxygens (including phenoxy) is 2. The number of nitriles is 1. The molecule has 0 aromatic heterocycles. The Morgan fingerprint density at radius 2 is 1.97 bits per heavy atom. The van der Waals surface area contributed by atoms with E-state index in [1.165, 1.54) is 0 Å². The van der Waals surface area contributed by atoms with Crippen LogP contribution < -0.4 is 15.2 Å². The SMILES string of the molecule is CCOc1cc([C@@H]2C(C#N)=C(N)N(C)C3=C2C(=O)CCC3)ccc1OCc1ccccc1Cl. The highest BCUT2D eigenvalue weighted by Crippen LogP contribution is 2.45. The van der Waals surface area contributed by atoms with E-state index >= 15 is 0 Å². The average molecular weight is 464 g/mol. The van der Waals surface area contributed by atoms with Crippen molar-refractivity contribution in [3.05, 3.63) is 81.3 Å². The molecule has 1 aliphatic heterocycles. The molecule has 0 bridgehead atoms. The molecule has 0 saturated heterocycles. The molecule has 1 heterocycles. The van der Waals surface area contributed by atoms with Crippen molar-refractivity contribution in [2.45, 2.75) is 38.7 Å². The van der Waals surface area contributed by atoms with Gasteiger partial charge in [-0.05, 0) is 43.5 Å². The minimum atomic E-state index is -0.522. The predicted molar refractivity (Wildman–Crippen MR) is 127 cm³/mol. The van der Waals surface area contributed by atoms with Crippen molar-refractivity contribution >= 4 is 17.4 Å². The highest BCUT2D eigenvalue weighted by atomic mass is 35.5. The molecule has 7 heteroatoms. The summed E-state index contributed by atoms with van der Waals surface area (Å²) in [6.07, 6.45) is 2.01. The Labute approximate surface area is 198 Å². The fourth-order valence-electron chi connectivity index (χ4n) is 4.46. The fourth-order valence-corrected chi connectivity index (χ4v) is 4.65. The molecule has 0 unspecified atom stereocenters. The van der Waals surface area contributed by atoms with E-state index < -0.39 is 5.92 Å². The van der Waals surface area contributed by atoms with Crippen molar-refractivity contribution in [2.75, 3.05) is 13.7 Å². The molecule has 0 amide bonds. The lowest BCUT2D eigenvalue weighted by molar-refractivity contribution is -0.116.